The highest BCUT2D eigenvalue weighted by atomic mass is 35.5. The molecule has 2 aromatic rings. The Hall–Kier alpha value is -2.57. The van der Waals surface area contributed by atoms with Crippen molar-refractivity contribution in [2.24, 2.45) is 0 Å². The van der Waals surface area contributed by atoms with Gasteiger partial charge in [-0.15, -0.1) is 0 Å². The molecule has 1 fully saturated rings. The molecule has 1 aliphatic rings. The van der Waals surface area contributed by atoms with Gasteiger partial charge in [0.2, 0.25) is 0 Å². The van der Waals surface area contributed by atoms with Crippen LogP contribution in [0.1, 0.15) is 20.7 Å². The molecule has 1 heterocycles. The summed E-state index contributed by atoms with van der Waals surface area (Å²) in [5.74, 6) is -0.822. The molecule has 1 saturated heterocycles. The van der Waals surface area contributed by atoms with Crippen molar-refractivity contribution in [3.63, 3.8) is 0 Å². The van der Waals surface area contributed by atoms with Gasteiger partial charge in [0, 0.05) is 30.0 Å². The Labute approximate surface area is 156 Å². The van der Waals surface area contributed by atoms with Gasteiger partial charge in [-0.05, 0) is 42.5 Å². The van der Waals surface area contributed by atoms with Crippen molar-refractivity contribution in [1.82, 2.24) is 0 Å². The average Bonchev–Trinajstić information content (AvgIpc) is 2.69. The summed E-state index contributed by atoms with van der Waals surface area (Å²) < 4.78 is 10.0. The van der Waals surface area contributed by atoms with Crippen LogP contribution in [0.3, 0.4) is 0 Å². The van der Waals surface area contributed by atoms with Crippen LogP contribution in [0.15, 0.2) is 42.5 Å². The van der Waals surface area contributed by atoms with E-state index in [2.05, 4.69) is 15.0 Å². The fourth-order valence-corrected chi connectivity index (χ4v) is 2.91. The Morgan fingerprint density at radius 2 is 1.81 bits per heavy atom. The van der Waals surface area contributed by atoms with E-state index in [1.807, 2.05) is 12.1 Å². The van der Waals surface area contributed by atoms with E-state index in [-0.39, 0.29) is 16.5 Å². The number of carbonyl (C=O) groups is 2. The maximum atomic E-state index is 12.4. The molecule has 7 heteroatoms. The van der Waals surface area contributed by atoms with E-state index < -0.39 is 5.97 Å². The number of hydrogen-bond acceptors (Lipinski definition) is 5. The Kier molecular flexibility index (Phi) is 5.75. The van der Waals surface area contributed by atoms with Gasteiger partial charge < -0.3 is 19.7 Å². The predicted molar refractivity (Wildman–Crippen MR) is 100 cm³/mol. The van der Waals surface area contributed by atoms with Gasteiger partial charge in [0.15, 0.2) is 0 Å². The quantitative estimate of drug-likeness (QED) is 0.832. The third kappa shape index (κ3) is 4.15. The Morgan fingerprint density at radius 1 is 1.12 bits per heavy atom. The van der Waals surface area contributed by atoms with Gasteiger partial charge in [0.05, 0.1) is 30.9 Å². The Balaban J connectivity index is 1.71. The monoisotopic (exact) mass is 374 g/mol. The van der Waals surface area contributed by atoms with E-state index in [0.717, 1.165) is 18.8 Å². The van der Waals surface area contributed by atoms with Crippen LogP contribution in [-0.4, -0.2) is 45.3 Å². The molecule has 0 aliphatic carbocycles. The third-order valence-corrected chi connectivity index (χ3v) is 4.46. The average molecular weight is 375 g/mol. The number of anilines is 2. The van der Waals surface area contributed by atoms with Gasteiger partial charge in [-0.25, -0.2) is 4.79 Å². The number of methoxy groups -OCH3 is 1. The topological polar surface area (TPSA) is 67.9 Å². The Morgan fingerprint density at radius 3 is 2.46 bits per heavy atom. The van der Waals surface area contributed by atoms with E-state index in [0.29, 0.717) is 24.5 Å². The summed E-state index contributed by atoms with van der Waals surface area (Å²) in [6.45, 7) is 3.10. The molecule has 1 amide bonds. The maximum absolute atomic E-state index is 12.4. The van der Waals surface area contributed by atoms with Crippen molar-refractivity contribution in [2.75, 3.05) is 43.6 Å². The first kappa shape index (κ1) is 18.2. The number of nitrogens with zero attached hydrogens (tertiary/aromatic N) is 1. The molecule has 0 radical (unpaired) electrons. The summed E-state index contributed by atoms with van der Waals surface area (Å²) in [6, 6.07) is 12.1. The second-order valence-electron chi connectivity index (χ2n) is 5.79. The standard InChI is InChI=1S/C19H19ClN2O4/c1-25-19(24)16-12-14(4-7-17(16)20)21-18(23)13-2-5-15(6-3-13)22-8-10-26-11-9-22/h2-7,12H,8-11H2,1H3,(H,21,23). The lowest BCUT2D eigenvalue weighted by Crippen LogP contribution is -2.36. The lowest BCUT2D eigenvalue weighted by atomic mass is 10.1. The molecule has 1 N–H and O–H groups in total. The maximum Gasteiger partial charge on any atom is 0.339 e. The molecule has 0 spiro atoms. The molecule has 136 valence electrons. The van der Waals surface area contributed by atoms with Crippen LogP contribution in [0.25, 0.3) is 0 Å². The SMILES string of the molecule is COC(=O)c1cc(NC(=O)c2ccc(N3CCOCC3)cc2)ccc1Cl. The van der Waals surface area contributed by atoms with Gasteiger partial charge in [0.25, 0.3) is 5.91 Å². The zero-order valence-electron chi connectivity index (χ0n) is 14.3. The number of rotatable bonds is 4. The second-order valence-corrected chi connectivity index (χ2v) is 6.19. The molecule has 1 aliphatic heterocycles. The highest BCUT2D eigenvalue weighted by molar-refractivity contribution is 6.33. The van der Waals surface area contributed by atoms with E-state index in [9.17, 15) is 9.59 Å². The summed E-state index contributed by atoms with van der Waals surface area (Å²) in [7, 11) is 1.28. The number of esters is 1. The van der Waals surface area contributed by atoms with Crippen LogP contribution in [-0.2, 0) is 9.47 Å². The molecule has 0 saturated carbocycles. The number of hydrogen-bond donors (Lipinski definition) is 1. The zero-order chi connectivity index (χ0) is 18.5. The molecule has 26 heavy (non-hydrogen) atoms. The molecular formula is C19H19ClN2O4. The number of halogens is 1. The van der Waals surface area contributed by atoms with Gasteiger partial charge in [0.1, 0.15) is 0 Å². The lowest BCUT2D eigenvalue weighted by Gasteiger charge is -2.28. The van der Waals surface area contributed by atoms with Gasteiger partial charge in [-0.3, -0.25) is 4.79 Å². The van der Waals surface area contributed by atoms with E-state index in [1.165, 1.54) is 13.2 Å². The van der Waals surface area contributed by atoms with Gasteiger partial charge >= 0.3 is 5.97 Å². The molecule has 2 aromatic carbocycles. The number of morpholine rings is 1. The number of ether oxygens (including phenoxy) is 2. The predicted octanol–water partition coefficient (Wildman–Crippen LogP) is 3.22. The van der Waals surface area contributed by atoms with Crippen LogP contribution in [0.2, 0.25) is 5.02 Å². The van der Waals surface area contributed by atoms with Crippen molar-refractivity contribution in [3.05, 3.63) is 58.6 Å². The molecule has 6 nitrogen and oxygen atoms in total. The van der Waals surface area contributed by atoms with Crippen molar-refractivity contribution in [1.29, 1.82) is 0 Å². The summed E-state index contributed by atoms with van der Waals surface area (Å²) in [4.78, 5) is 26.4. The van der Waals surface area contributed by atoms with Crippen molar-refractivity contribution < 1.29 is 19.1 Å². The molecule has 0 unspecified atom stereocenters. The fraction of sp³-hybridized carbons (Fsp3) is 0.263. The summed E-state index contributed by atoms with van der Waals surface area (Å²) in [5, 5.41) is 3.03. The normalized spacial score (nSPS) is 14.0. The van der Waals surface area contributed by atoms with Crippen LogP contribution >= 0.6 is 11.6 Å². The highest BCUT2D eigenvalue weighted by Gasteiger charge is 2.14. The smallest absolute Gasteiger partial charge is 0.339 e. The van der Waals surface area contributed by atoms with Crippen molar-refractivity contribution >= 4 is 34.9 Å². The minimum absolute atomic E-state index is 0.203. The van der Waals surface area contributed by atoms with E-state index in [1.54, 1.807) is 24.3 Å². The summed E-state index contributed by atoms with van der Waals surface area (Å²) >= 11 is 5.99. The molecular weight excluding hydrogens is 356 g/mol. The first-order chi connectivity index (χ1) is 12.6. The number of nitrogens with one attached hydrogen (secondary N) is 1. The number of benzene rings is 2. The molecule has 0 aromatic heterocycles. The molecule has 0 bridgehead atoms. The Bertz CT molecular complexity index is 802. The first-order valence-electron chi connectivity index (χ1n) is 8.20. The van der Waals surface area contributed by atoms with Crippen LogP contribution < -0.4 is 10.2 Å². The largest absolute Gasteiger partial charge is 0.465 e. The highest BCUT2D eigenvalue weighted by Crippen LogP contribution is 2.22. The van der Waals surface area contributed by atoms with Crippen molar-refractivity contribution in [2.45, 2.75) is 0 Å². The minimum atomic E-state index is -0.555. The van der Waals surface area contributed by atoms with Crippen molar-refractivity contribution in [3.8, 4) is 0 Å². The summed E-state index contributed by atoms with van der Waals surface area (Å²) in [5.41, 5.74) is 2.26. The molecule has 0 atom stereocenters. The lowest BCUT2D eigenvalue weighted by molar-refractivity contribution is 0.0600. The number of carbonyl (C=O) groups excluding carboxylic acids is 2. The summed E-state index contributed by atoms with van der Waals surface area (Å²) in [6.07, 6.45) is 0. The van der Waals surface area contributed by atoms with E-state index in [4.69, 9.17) is 16.3 Å². The van der Waals surface area contributed by atoms with Gasteiger partial charge in [-0.2, -0.15) is 0 Å². The van der Waals surface area contributed by atoms with E-state index >= 15 is 0 Å². The second kappa shape index (κ2) is 8.21. The zero-order valence-corrected chi connectivity index (χ0v) is 15.1. The minimum Gasteiger partial charge on any atom is -0.465 e. The molecule has 3 rings (SSSR count). The fourth-order valence-electron chi connectivity index (χ4n) is 2.72. The van der Waals surface area contributed by atoms with Crippen LogP contribution in [0.4, 0.5) is 11.4 Å². The first-order valence-corrected chi connectivity index (χ1v) is 8.58. The van der Waals surface area contributed by atoms with Gasteiger partial charge in [-0.1, -0.05) is 11.6 Å². The van der Waals surface area contributed by atoms with Crippen LogP contribution in [0, 0.1) is 0 Å². The number of amides is 1. The third-order valence-electron chi connectivity index (χ3n) is 4.14. The van der Waals surface area contributed by atoms with Crippen LogP contribution in [0.5, 0.6) is 0 Å².